The average Bonchev–Trinajstić information content (AvgIpc) is 3.14. The molecule has 1 amide bonds. The number of likely N-dealkylation sites (tertiary alicyclic amines) is 1. The van der Waals surface area contributed by atoms with Crippen LogP contribution in [0.1, 0.15) is 17.7 Å². The summed E-state index contributed by atoms with van der Waals surface area (Å²) in [4.78, 5) is 27.0. The minimum atomic E-state index is -0.154. The third kappa shape index (κ3) is 3.63. The number of carbonyl (C=O) groups excluding carboxylic acids is 1. The maximum atomic E-state index is 12.9. The van der Waals surface area contributed by atoms with Crippen LogP contribution in [0.4, 0.5) is 0 Å². The Morgan fingerprint density at radius 1 is 1.18 bits per heavy atom. The maximum absolute atomic E-state index is 12.9. The fourth-order valence-electron chi connectivity index (χ4n) is 4.00. The molecular formula is C22H23N3O3. The average molecular weight is 377 g/mol. The smallest absolute Gasteiger partial charge is 0.274 e. The van der Waals surface area contributed by atoms with Crippen LogP contribution in [0.25, 0.3) is 10.8 Å². The highest BCUT2D eigenvalue weighted by Gasteiger charge is 2.27. The van der Waals surface area contributed by atoms with E-state index in [0.717, 1.165) is 30.3 Å². The second-order valence-corrected chi connectivity index (χ2v) is 7.47. The standard InChI is InChI=1S/C22H23N3O3/c1-24-22(28)19-8-3-2-7-18(19)20(23-24)13-21(27)25-10-9-16(14-25)11-15-5-4-6-17(26)12-15/h2-8,12,16,26H,9-11,13-14H2,1H3. The molecule has 0 saturated carbocycles. The van der Waals surface area contributed by atoms with Crippen LogP contribution >= 0.6 is 0 Å². The van der Waals surface area contributed by atoms with Crippen molar-refractivity contribution < 1.29 is 9.90 Å². The number of benzene rings is 2. The number of rotatable bonds is 4. The van der Waals surface area contributed by atoms with Crippen molar-refractivity contribution in [2.75, 3.05) is 13.1 Å². The summed E-state index contributed by atoms with van der Waals surface area (Å²) in [7, 11) is 1.61. The highest BCUT2D eigenvalue weighted by atomic mass is 16.3. The summed E-state index contributed by atoms with van der Waals surface area (Å²) >= 11 is 0. The van der Waals surface area contributed by atoms with Gasteiger partial charge in [-0.15, -0.1) is 0 Å². The zero-order valence-corrected chi connectivity index (χ0v) is 15.8. The Kier molecular flexibility index (Phi) is 4.86. The fraction of sp³-hybridized carbons (Fsp3) is 0.318. The first-order valence-corrected chi connectivity index (χ1v) is 9.52. The first-order valence-electron chi connectivity index (χ1n) is 9.52. The molecule has 1 N–H and O–H groups in total. The number of phenolic OH excluding ortho intramolecular Hbond substituents is 1. The molecule has 2 heterocycles. The molecule has 1 aromatic heterocycles. The molecule has 144 valence electrons. The predicted molar refractivity (Wildman–Crippen MR) is 107 cm³/mol. The van der Waals surface area contributed by atoms with Gasteiger partial charge < -0.3 is 10.0 Å². The fourth-order valence-corrected chi connectivity index (χ4v) is 4.00. The quantitative estimate of drug-likeness (QED) is 0.757. The lowest BCUT2D eigenvalue weighted by molar-refractivity contribution is -0.129. The number of hydrogen-bond acceptors (Lipinski definition) is 4. The van der Waals surface area contributed by atoms with Gasteiger partial charge in [0.15, 0.2) is 0 Å². The lowest BCUT2D eigenvalue weighted by Gasteiger charge is -2.17. The van der Waals surface area contributed by atoms with Gasteiger partial charge in [-0.25, -0.2) is 4.68 Å². The van der Waals surface area contributed by atoms with Gasteiger partial charge in [0.2, 0.25) is 5.91 Å². The van der Waals surface area contributed by atoms with Gasteiger partial charge in [-0.3, -0.25) is 9.59 Å². The van der Waals surface area contributed by atoms with Crippen LogP contribution in [0.3, 0.4) is 0 Å². The number of nitrogens with zero attached hydrogens (tertiary/aromatic N) is 3. The Balaban J connectivity index is 1.47. The van der Waals surface area contributed by atoms with Gasteiger partial charge in [-0.05, 0) is 42.5 Å². The molecule has 28 heavy (non-hydrogen) atoms. The van der Waals surface area contributed by atoms with E-state index in [9.17, 15) is 14.7 Å². The minimum Gasteiger partial charge on any atom is -0.508 e. The molecule has 1 saturated heterocycles. The van der Waals surface area contributed by atoms with Crippen LogP contribution in [0.5, 0.6) is 5.75 Å². The molecule has 6 heteroatoms. The molecule has 6 nitrogen and oxygen atoms in total. The van der Waals surface area contributed by atoms with Crippen LogP contribution in [0, 0.1) is 5.92 Å². The molecule has 1 aliphatic heterocycles. The monoisotopic (exact) mass is 377 g/mol. The summed E-state index contributed by atoms with van der Waals surface area (Å²) in [5, 5.41) is 15.3. The van der Waals surface area contributed by atoms with Gasteiger partial charge >= 0.3 is 0 Å². The van der Waals surface area contributed by atoms with Gasteiger partial charge in [-0.1, -0.05) is 30.3 Å². The molecule has 0 spiro atoms. The van der Waals surface area contributed by atoms with Gasteiger partial charge in [-0.2, -0.15) is 5.10 Å². The third-order valence-electron chi connectivity index (χ3n) is 5.43. The van der Waals surface area contributed by atoms with Crippen molar-refractivity contribution in [3.8, 4) is 5.75 Å². The van der Waals surface area contributed by atoms with Crippen molar-refractivity contribution in [1.29, 1.82) is 0 Å². The summed E-state index contributed by atoms with van der Waals surface area (Å²) in [6.07, 6.45) is 1.98. The van der Waals surface area contributed by atoms with Crippen molar-refractivity contribution in [2.45, 2.75) is 19.3 Å². The number of aryl methyl sites for hydroxylation is 1. The highest BCUT2D eigenvalue weighted by Crippen LogP contribution is 2.23. The molecular weight excluding hydrogens is 354 g/mol. The summed E-state index contributed by atoms with van der Waals surface area (Å²) in [5.74, 6) is 0.696. The number of amides is 1. The second-order valence-electron chi connectivity index (χ2n) is 7.47. The summed E-state index contributed by atoms with van der Waals surface area (Å²) < 4.78 is 1.31. The first kappa shape index (κ1) is 18.2. The van der Waals surface area contributed by atoms with Crippen molar-refractivity contribution in [2.24, 2.45) is 13.0 Å². The maximum Gasteiger partial charge on any atom is 0.274 e. The van der Waals surface area contributed by atoms with Crippen LogP contribution in [-0.2, 0) is 24.7 Å². The van der Waals surface area contributed by atoms with Gasteiger partial charge in [0, 0.05) is 25.5 Å². The number of hydrogen-bond donors (Lipinski definition) is 1. The van der Waals surface area contributed by atoms with E-state index < -0.39 is 0 Å². The molecule has 4 rings (SSSR count). The van der Waals surface area contributed by atoms with Crippen LogP contribution in [0.2, 0.25) is 0 Å². The molecule has 1 fully saturated rings. The number of phenols is 1. The van der Waals surface area contributed by atoms with E-state index in [0.29, 0.717) is 23.5 Å². The van der Waals surface area contributed by atoms with E-state index in [1.807, 2.05) is 35.2 Å². The zero-order valence-electron chi connectivity index (χ0n) is 15.8. The Labute approximate surface area is 163 Å². The lowest BCUT2D eigenvalue weighted by atomic mass is 9.98. The molecule has 3 aromatic rings. The molecule has 2 aromatic carbocycles. The van der Waals surface area contributed by atoms with Crippen LogP contribution in [0.15, 0.2) is 53.3 Å². The molecule has 0 aliphatic carbocycles. The van der Waals surface area contributed by atoms with E-state index in [2.05, 4.69) is 5.10 Å². The highest BCUT2D eigenvalue weighted by molar-refractivity contribution is 5.88. The first-order chi connectivity index (χ1) is 13.5. The van der Waals surface area contributed by atoms with E-state index in [-0.39, 0.29) is 23.6 Å². The molecule has 1 atom stereocenters. The van der Waals surface area contributed by atoms with Gasteiger partial charge in [0.1, 0.15) is 5.75 Å². The van der Waals surface area contributed by atoms with E-state index in [4.69, 9.17) is 0 Å². The molecule has 1 aliphatic rings. The number of aromatic nitrogens is 2. The molecule has 1 unspecified atom stereocenters. The molecule has 0 radical (unpaired) electrons. The largest absolute Gasteiger partial charge is 0.508 e. The zero-order chi connectivity index (χ0) is 19.7. The lowest BCUT2D eigenvalue weighted by Crippen LogP contribution is -2.31. The van der Waals surface area contributed by atoms with Gasteiger partial charge in [0.25, 0.3) is 5.56 Å². The van der Waals surface area contributed by atoms with E-state index in [1.54, 1.807) is 25.2 Å². The Morgan fingerprint density at radius 3 is 2.75 bits per heavy atom. The van der Waals surface area contributed by atoms with Gasteiger partial charge in [0.05, 0.1) is 17.5 Å². The number of fused-ring (bicyclic) bond motifs is 1. The minimum absolute atomic E-state index is 0.0368. The van der Waals surface area contributed by atoms with Crippen molar-refractivity contribution in [3.63, 3.8) is 0 Å². The van der Waals surface area contributed by atoms with Crippen LogP contribution < -0.4 is 5.56 Å². The van der Waals surface area contributed by atoms with Crippen molar-refractivity contribution in [1.82, 2.24) is 14.7 Å². The number of aromatic hydroxyl groups is 1. The van der Waals surface area contributed by atoms with E-state index >= 15 is 0 Å². The third-order valence-corrected chi connectivity index (χ3v) is 5.43. The predicted octanol–water partition coefficient (Wildman–Crippen LogP) is 2.27. The normalized spacial score (nSPS) is 16.6. The van der Waals surface area contributed by atoms with Crippen molar-refractivity contribution in [3.05, 3.63) is 70.1 Å². The summed E-state index contributed by atoms with van der Waals surface area (Å²) in [6, 6.07) is 14.6. The Bertz CT molecular complexity index is 1090. The Morgan fingerprint density at radius 2 is 1.96 bits per heavy atom. The van der Waals surface area contributed by atoms with Crippen LogP contribution in [-0.4, -0.2) is 38.8 Å². The second kappa shape index (κ2) is 7.46. The summed E-state index contributed by atoms with van der Waals surface area (Å²) in [6.45, 7) is 1.43. The molecule has 0 bridgehead atoms. The number of carbonyl (C=O) groups is 1. The topological polar surface area (TPSA) is 75.4 Å². The summed E-state index contributed by atoms with van der Waals surface area (Å²) in [5.41, 5.74) is 1.57. The van der Waals surface area contributed by atoms with Crippen molar-refractivity contribution >= 4 is 16.7 Å². The van der Waals surface area contributed by atoms with E-state index in [1.165, 1.54) is 4.68 Å². The Hall–Kier alpha value is -3.15. The SMILES string of the molecule is Cn1nc(CC(=O)N2CCC(Cc3cccc(O)c3)C2)c2ccccc2c1=O.